The zero-order valence-corrected chi connectivity index (χ0v) is 17.4. The fourth-order valence-corrected chi connectivity index (χ4v) is 4.51. The molecule has 146 valence electrons. The van der Waals surface area contributed by atoms with E-state index in [4.69, 9.17) is 16.6 Å². The Morgan fingerprint density at radius 1 is 1.37 bits per heavy atom. The molecular formula is C20H26ClN3O2S. The molecule has 1 aliphatic rings. The number of fused-ring (bicyclic) bond motifs is 1. The van der Waals surface area contributed by atoms with Gasteiger partial charge in [-0.15, -0.1) is 0 Å². The van der Waals surface area contributed by atoms with Gasteiger partial charge in [-0.05, 0) is 44.4 Å². The number of nitrogens with zero attached hydrogens (tertiary/aromatic N) is 2. The molecule has 0 unspecified atom stereocenters. The van der Waals surface area contributed by atoms with Crippen LogP contribution in [0.25, 0.3) is 10.9 Å². The fraction of sp³-hybridized carbons (Fsp3) is 0.550. The number of carbonyl (C=O) groups is 1. The molecule has 1 atom stereocenters. The van der Waals surface area contributed by atoms with Gasteiger partial charge in [0.1, 0.15) is 0 Å². The first kappa shape index (κ1) is 20.2. The highest BCUT2D eigenvalue weighted by Crippen LogP contribution is 2.31. The first-order valence-corrected chi connectivity index (χ1v) is 11.0. The molecule has 3 rings (SSSR count). The Labute approximate surface area is 168 Å². The third-order valence-corrected chi connectivity index (χ3v) is 6.31. The quantitative estimate of drug-likeness (QED) is 0.563. The van der Waals surface area contributed by atoms with Crippen LogP contribution in [0.5, 0.6) is 0 Å². The second kappa shape index (κ2) is 9.11. The number of nitrogens with one attached hydrogen (secondary N) is 1. The van der Waals surface area contributed by atoms with Gasteiger partial charge in [0, 0.05) is 17.1 Å². The van der Waals surface area contributed by atoms with E-state index in [9.17, 15) is 9.59 Å². The first-order chi connectivity index (χ1) is 13.0. The summed E-state index contributed by atoms with van der Waals surface area (Å²) in [6.45, 7) is 4.02. The van der Waals surface area contributed by atoms with E-state index >= 15 is 0 Å². The Bertz CT molecular complexity index is 877. The van der Waals surface area contributed by atoms with Gasteiger partial charge in [-0.3, -0.25) is 14.2 Å². The van der Waals surface area contributed by atoms with Crippen LogP contribution in [0.2, 0.25) is 5.02 Å². The zero-order chi connectivity index (χ0) is 19.4. The highest BCUT2D eigenvalue weighted by molar-refractivity contribution is 7.99. The lowest BCUT2D eigenvalue weighted by Gasteiger charge is -2.26. The summed E-state index contributed by atoms with van der Waals surface area (Å²) in [7, 11) is 0. The SMILES string of the molecule is CC[C@H](C)NC(=O)CSc1nc2cc(Cl)ccc2c(=O)n1C1CCCCC1. The number of aromatic nitrogens is 2. The molecule has 0 spiro atoms. The maximum absolute atomic E-state index is 13.2. The highest BCUT2D eigenvalue weighted by atomic mass is 35.5. The molecule has 2 aromatic rings. The predicted molar refractivity (Wildman–Crippen MR) is 112 cm³/mol. The van der Waals surface area contributed by atoms with Crippen molar-refractivity contribution in [1.29, 1.82) is 0 Å². The van der Waals surface area contributed by atoms with E-state index in [-0.39, 0.29) is 29.3 Å². The van der Waals surface area contributed by atoms with Crippen LogP contribution in [-0.4, -0.2) is 27.3 Å². The van der Waals surface area contributed by atoms with Crippen molar-refractivity contribution >= 4 is 40.2 Å². The van der Waals surface area contributed by atoms with Crippen LogP contribution >= 0.6 is 23.4 Å². The van der Waals surface area contributed by atoms with E-state index in [2.05, 4.69) is 5.32 Å². The van der Waals surface area contributed by atoms with Crippen molar-refractivity contribution in [1.82, 2.24) is 14.9 Å². The number of carbonyl (C=O) groups excluding carboxylic acids is 1. The molecule has 0 radical (unpaired) electrons. The van der Waals surface area contributed by atoms with Gasteiger partial charge in [0.2, 0.25) is 5.91 Å². The second-order valence-electron chi connectivity index (χ2n) is 7.19. The van der Waals surface area contributed by atoms with Gasteiger partial charge < -0.3 is 5.32 Å². The molecule has 0 saturated heterocycles. The van der Waals surface area contributed by atoms with Gasteiger partial charge in [0.05, 0.1) is 16.7 Å². The topological polar surface area (TPSA) is 64.0 Å². The Hall–Kier alpha value is -1.53. The number of amides is 1. The van der Waals surface area contributed by atoms with Crippen molar-refractivity contribution in [3.05, 3.63) is 33.6 Å². The minimum absolute atomic E-state index is 0.0339. The average Bonchev–Trinajstić information content (AvgIpc) is 2.66. The summed E-state index contributed by atoms with van der Waals surface area (Å²) in [5, 5.41) is 4.71. The normalized spacial score (nSPS) is 16.4. The molecule has 1 fully saturated rings. The van der Waals surface area contributed by atoms with Crippen LogP contribution in [-0.2, 0) is 4.79 Å². The lowest BCUT2D eigenvalue weighted by molar-refractivity contribution is -0.119. The van der Waals surface area contributed by atoms with Gasteiger partial charge in [-0.25, -0.2) is 4.98 Å². The molecule has 5 nitrogen and oxygen atoms in total. The first-order valence-electron chi connectivity index (χ1n) is 9.63. The van der Waals surface area contributed by atoms with Crippen molar-refractivity contribution in [2.75, 3.05) is 5.75 Å². The van der Waals surface area contributed by atoms with Gasteiger partial charge in [-0.2, -0.15) is 0 Å². The number of rotatable bonds is 6. The number of halogens is 1. The lowest BCUT2D eigenvalue weighted by atomic mass is 9.95. The van der Waals surface area contributed by atoms with Crippen LogP contribution < -0.4 is 10.9 Å². The molecule has 7 heteroatoms. The molecule has 1 aromatic heterocycles. The molecular weight excluding hydrogens is 382 g/mol. The molecule has 1 saturated carbocycles. The smallest absolute Gasteiger partial charge is 0.262 e. The minimum atomic E-state index is -0.0371. The van der Waals surface area contributed by atoms with Crippen molar-refractivity contribution in [2.24, 2.45) is 0 Å². The molecule has 1 aliphatic carbocycles. The summed E-state index contributed by atoms with van der Waals surface area (Å²) in [6.07, 6.45) is 6.29. The Kier molecular flexibility index (Phi) is 6.82. The monoisotopic (exact) mass is 407 g/mol. The summed E-state index contributed by atoms with van der Waals surface area (Å²) < 4.78 is 1.82. The summed E-state index contributed by atoms with van der Waals surface area (Å²) in [6, 6.07) is 5.48. The molecule has 0 bridgehead atoms. The van der Waals surface area contributed by atoms with Crippen molar-refractivity contribution in [3.63, 3.8) is 0 Å². The highest BCUT2D eigenvalue weighted by Gasteiger charge is 2.22. The van der Waals surface area contributed by atoms with E-state index in [0.717, 1.165) is 32.1 Å². The van der Waals surface area contributed by atoms with Gasteiger partial charge in [0.15, 0.2) is 5.16 Å². The van der Waals surface area contributed by atoms with Crippen molar-refractivity contribution in [3.8, 4) is 0 Å². The summed E-state index contributed by atoms with van der Waals surface area (Å²) >= 11 is 7.43. The number of benzene rings is 1. The van der Waals surface area contributed by atoms with Crippen LogP contribution in [0.3, 0.4) is 0 Å². The zero-order valence-electron chi connectivity index (χ0n) is 15.8. The number of thioether (sulfide) groups is 1. The fourth-order valence-electron chi connectivity index (χ4n) is 3.46. The molecule has 1 N–H and O–H groups in total. The molecule has 0 aliphatic heterocycles. The predicted octanol–water partition coefficient (Wildman–Crippen LogP) is 4.56. The molecule has 1 amide bonds. The minimum Gasteiger partial charge on any atom is -0.353 e. The maximum atomic E-state index is 13.2. The van der Waals surface area contributed by atoms with Gasteiger partial charge in [0.25, 0.3) is 5.56 Å². The van der Waals surface area contributed by atoms with Crippen LogP contribution in [0.4, 0.5) is 0 Å². The largest absolute Gasteiger partial charge is 0.353 e. The third kappa shape index (κ3) is 4.85. The average molecular weight is 408 g/mol. The van der Waals surface area contributed by atoms with Crippen molar-refractivity contribution in [2.45, 2.75) is 69.6 Å². The third-order valence-electron chi connectivity index (χ3n) is 5.12. The summed E-state index contributed by atoms with van der Waals surface area (Å²) in [4.78, 5) is 30.1. The lowest BCUT2D eigenvalue weighted by Crippen LogP contribution is -2.34. The summed E-state index contributed by atoms with van der Waals surface area (Å²) in [5.74, 6) is 0.209. The van der Waals surface area contributed by atoms with E-state index in [1.54, 1.807) is 18.2 Å². The van der Waals surface area contributed by atoms with E-state index in [1.807, 2.05) is 18.4 Å². The number of hydrogen-bond acceptors (Lipinski definition) is 4. The van der Waals surface area contributed by atoms with E-state index in [1.165, 1.54) is 18.2 Å². The Morgan fingerprint density at radius 2 is 2.11 bits per heavy atom. The summed E-state index contributed by atoms with van der Waals surface area (Å²) in [5.41, 5.74) is 0.554. The standard InChI is InChI=1S/C20H26ClN3O2S/c1-3-13(2)22-18(25)12-27-20-23-17-11-14(21)9-10-16(17)19(26)24(20)15-7-5-4-6-8-15/h9-11,13,15H,3-8,12H2,1-2H3,(H,22,25)/t13-/m0/s1. The van der Waals surface area contributed by atoms with Crippen LogP contribution in [0, 0.1) is 0 Å². The maximum Gasteiger partial charge on any atom is 0.262 e. The van der Waals surface area contributed by atoms with Crippen molar-refractivity contribution < 1.29 is 4.79 Å². The van der Waals surface area contributed by atoms with Gasteiger partial charge in [-0.1, -0.05) is 49.5 Å². The van der Waals surface area contributed by atoms with E-state index in [0.29, 0.717) is 21.1 Å². The molecule has 1 aromatic carbocycles. The molecule has 27 heavy (non-hydrogen) atoms. The Morgan fingerprint density at radius 3 is 2.81 bits per heavy atom. The van der Waals surface area contributed by atoms with Crippen LogP contribution in [0.1, 0.15) is 58.4 Å². The Balaban J connectivity index is 1.95. The van der Waals surface area contributed by atoms with E-state index < -0.39 is 0 Å². The van der Waals surface area contributed by atoms with Gasteiger partial charge >= 0.3 is 0 Å². The van der Waals surface area contributed by atoms with Crippen LogP contribution in [0.15, 0.2) is 28.2 Å². The number of hydrogen-bond donors (Lipinski definition) is 1. The second-order valence-corrected chi connectivity index (χ2v) is 8.57. The molecule has 1 heterocycles.